The van der Waals surface area contributed by atoms with Gasteiger partial charge in [-0.1, -0.05) is 30.3 Å². The molecule has 28 heavy (non-hydrogen) atoms. The third-order valence-corrected chi connectivity index (χ3v) is 5.21. The summed E-state index contributed by atoms with van der Waals surface area (Å²) in [6.45, 7) is 5.38. The van der Waals surface area contributed by atoms with Crippen LogP contribution in [0.15, 0.2) is 42.5 Å². The van der Waals surface area contributed by atoms with Crippen molar-refractivity contribution >= 4 is 6.03 Å². The van der Waals surface area contributed by atoms with Crippen molar-refractivity contribution in [3.05, 3.63) is 59.2 Å². The van der Waals surface area contributed by atoms with Crippen molar-refractivity contribution in [1.82, 2.24) is 15.5 Å². The Morgan fingerprint density at radius 3 is 2.43 bits per heavy atom. The molecule has 2 aliphatic heterocycles. The summed E-state index contributed by atoms with van der Waals surface area (Å²) in [5.74, 6) is 1.50. The van der Waals surface area contributed by atoms with Gasteiger partial charge in [-0.25, -0.2) is 4.79 Å². The van der Waals surface area contributed by atoms with Crippen molar-refractivity contribution in [3.63, 3.8) is 0 Å². The largest absolute Gasteiger partial charge is 0.486 e. The highest BCUT2D eigenvalue weighted by Crippen LogP contribution is 2.30. The topological polar surface area (TPSA) is 62.8 Å². The number of hydrogen-bond acceptors (Lipinski definition) is 4. The van der Waals surface area contributed by atoms with E-state index in [1.54, 1.807) is 0 Å². The molecule has 2 aromatic carbocycles. The van der Waals surface area contributed by atoms with Gasteiger partial charge in [-0.05, 0) is 54.8 Å². The molecular weight excluding hydrogens is 354 g/mol. The van der Waals surface area contributed by atoms with Crippen LogP contribution < -0.4 is 20.1 Å². The van der Waals surface area contributed by atoms with Gasteiger partial charge in [0.05, 0.1) is 0 Å². The zero-order valence-electron chi connectivity index (χ0n) is 16.1. The number of likely N-dealkylation sites (tertiary alicyclic amines) is 1. The minimum absolute atomic E-state index is 0.175. The number of amides is 2. The quantitative estimate of drug-likeness (QED) is 0.807. The van der Waals surface area contributed by atoms with Gasteiger partial charge < -0.3 is 20.1 Å². The number of benzene rings is 2. The molecule has 4 rings (SSSR count). The number of carbonyl (C=O) groups is 1. The Hall–Kier alpha value is -2.73. The van der Waals surface area contributed by atoms with Crippen LogP contribution in [0.25, 0.3) is 0 Å². The third-order valence-electron chi connectivity index (χ3n) is 5.21. The van der Waals surface area contributed by atoms with Gasteiger partial charge in [-0.3, -0.25) is 4.90 Å². The highest BCUT2D eigenvalue weighted by Gasteiger charge is 2.14. The lowest BCUT2D eigenvalue weighted by molar-refractivity contribution is 0.171. The maximum atomic E-state index is 12.2. The summed E-state index contributed by atoms with van der Waals surface area (Å²) in [7, 11) is 0. The Morgan fingerprint density at radius 2 is 1.61 bits per heavy atom. The van der Waals surface area contributed by atoms with E-state index in [-0.39, 0.29) is 6.03 Å². The van der Waals surface area contributed by atoms with Crippen LogP contribution in [0.3, 0.4) is 0 Å². The van der Waals surface area contributed by atoms with E-state index in [9.17, 15) is 4.79 Å². The summed E-state index contributed by atoms with van der Waals surface area (Å²) in [5.41, 5.74) is 3.44. The molecule has 148 valence electrons. The molecule has 6 nitrogen and oxygen atoms in total. The molecule has 2 amide bonds. The Bertz CT molecular complexity index is 818. The molecule has 0 atom stereocenters. The van der Waals surface area contributed by atoms with Crippen LogP contribution >= 0.6 is 0 Å². The van der Waals surface area contributed by atoms with Crippen LogP contribution in [0.1, 0.15) is 29.5 Å². The number of nitrogens with one attached hydrogen (secondary N) is 2. The average Bonchev–Trinajstić information content (AvgIpc) is 3.24. The summed E-state index contributed by atoms with van der Waals surface area (Å²) in [4.78, 5) is 14.7. The van der Waals surface area contributed by atoms with Crippen molar-refractivity contribution in [3.8, 4) is 11.5 Å². The fraction of sp³-hybridized carbons (Fsp3) is 0.409. The molecule has 0 saturated carbocycles. The second kappa shape index (κ2) is 8.97. The molecule has 0 radical (unpaired) electrons. The zero-order chi connectivity index (χ0) is 19.2. The van der Waals surface area contributed by atoms with Crippen molar-refractivity contribution < 1.29 is 14.3 Å². The lowest BCUT2D eigenvalue weighted by Crippen LogP contribution is -2.35. The van der Waals surface area contributed by atoms with E-state index in [1.165, 1.54) is 24.0 Å². The van der Waals surface area contributed by atoms with Crippen LogP contribution in [0.4, 0.5) is 4.79 Å². The normalized spacial score (nSPS) is 16.0. The maximum absolute atomic E-state index is 12.2. The van der Waals surface area contributed by atoms with Crippen LogP contribution in [-0.4, -0.2) is 37.2 Å². The number of nitrogens with zero attached hydrogens (tertiary/aromatic N) is 1. The van der Waals surface area contributed by atoms with Crippen LogP contribution in [0, 0.1) is 0 Å². The summed E-state index contributed by atoms with van der Waals surface area (Å²) < 4.78 is 11.1. The van der Waals surface area contributed by atoms with E-state index in [4.69, 9.17) is 9.47 Å². The van der Waals surface area contributed by atoms with Crippen molar-refractivity contribution in [1.29, 1.82) is 0 Å². The number of ether oxygens (including phenoxy) is 2. The molecule has 0 unspecified atom stereocenters. The van der Waals surface area contributed by atoms with Gasteiger partial charge in [0, 0.05) is 19.6 Å². The lowest BCUT2D eigenvalue weighted by Gasteiger charge is -2.19. The van der Waals surface area contributed by atoms with Gasteiger partial charge in [0.15, 0.2) is 11.5 Å². The zero-order valence-corrected chi connectivity index (χ0v) is 16.1. The van der Waals surface area contributed by atoms with E-state index >= 15 is 0 Å². The van der Waals surface area contributed by atoms with Crippen molar-refractivity contribution in [2.45, 2.75) is 32.5 Å². The first-order valence-electron chi connectivity index (χ1n) is 9.97. The SMILES string of the molecule is O=C(NCc1ccc2c(c1)OCCO2)NCc1ccccc1CN1CCCC1. The summed E-state index contributed by atoms with van der Waals surface area (Å²) in [5, 5.41) is 5.88. The molecule has 0 bridgehead atoms. The first-order chi connectivity index (χ1) is 13.8. The minimum Gasteiger partial charge on any atom is -0.486 e. The number of carbonyl (C=O) groups excluding carboxylic acids is 1. The van der Waals surface area contributed by atoms with Crippen LogP contribution in [0.2, 0.25) is 0 Å². The van der Waals surface area contributed by atoms with Crippen LogP contribution in [-0.2, 0) is 19.6 Å². The third kappa shape index (κ3) is 4.75. The lowest BCUT2D eigenvalue weighted by atomic mass is 10.1. The van der Waals surface area contributed by atoms with Gasteiger partial charge in [-0.2, -0.15) is 0 Å². The molecule has 0 aromatic heterocycles. The molecular formula is C22H27N3O3. The first kappa shape index (κ1) is 18.6. The predicted octanol–water partition coefficient (Wildman–Crippen LogP) is 3.05. The number of urea groups is 1. The van der Waals surface area contributed by atoms with Crippen molar-refractivity contribution in [2.24, 2.45) is 0 Å². The first-order valence-corrected chi connectivity index (χ1v) is 9.97. The molecule has 2 aromatic rings. The highest BCUT2D eigenvalue weighted by atomic mass is 16.6. The maximum Gasteiger partial charge on any atom is 0.315 e. The Kier molecular flexibility index (Phi) is 5.97. The van der Waals surface area contributed by atoms with Gasteiger partial charge in [0.25, 0.3) is 0 Å². The van der Waals surface area contributed by atoms with E-state index in [0.29, 0.717) is 26.3 Å². The van der Waals surface area contributed by atoms with Crippen LogP contribution in [0.5, 0.6) is 11.5 Å². The molecule has 2 N–H and O–H groups in total. The van der Waals surface area contributed by atoms with E-state index in [0.717, 1.165) is 36.7 Å². The number of hydrogen-bond donors (Lipinski definition) is 2. The highest BCUT2D eigenvalue weighted by molar-refractivity contribution is 5.73. The molecule has 2 heterocycles. The fourth-order valence-electron chi connectivity index (χ4n) is 3.68. The summed E-state index contributed by atoms with van der Waals surface area (Å²) in [6.07, 6.45) is 2.56. The molecule has 1 saturated heterocycles. The minimum atomic E-state index is -0.175. The van der Waals surface area contributed by atoms with Gasteiger partial charge >= 0.3 is 6.03 Å². The number of fused-ring (bicyclic) bond motifs is 1. The van der Waals surface area contributed by atoms with Gasteiger partial charge in [0.2, 0.25) is 0 Å². The standard InChI is InChI=1S/C22H27N3O3/c26-22(23-14-17-7-8-20-21(13-17)28-12-11-27-20)24-15-18-5-1-2-6-19(18)16-25-9-3-4-10-25/h1-2,5-8,13H,3-4,9-12,14-16H2,(H2,23,24,26). The van der Waals surface area contributed by atoms with E-state index in [1.807, 2.05) is 24.3 Å². The molecule has 1 fully saturated rings. The Morgan fingerprint density at radius 1 is 0.893 bits per heavy atom. The smallest absolute Gasteiger partial charge is 0.315 e. The summed E-state index contributed by atoms with van der Waals surface area (Å²) >= 11 is 0. The predicted molar refractivity (Wildman–Crippen MR) is 107 cm³/mol. The molecule has 0 spiro atoms. The molecule has 2 aliphatic rings. The van der Waals surface area contributed by atoms with E-state index < -0.39 is 0 Å². The Balaban J connectivity index is 1.28. The molecule has 0 aliphatic carbocycles. The average molecular weight is 381 g/mol. The molecule has 6 heteroatoms. The van der Waals surface area contributed by atoms with Gasteiger partial charge in [0.1, 0.15) is 13.2 Å². The number of rotatable bonds is 6. The fourth-order valence-corrected chi connectivity index (χ4v) is 3.68. The second-order valence-electron chi connectivity index (χ2n) is 7.27. The van der Waals surface area contributed by atoms with Gasteiger partial charge in [-0.15, -0.1) is 0 Å². The second-order valence-corrected chi connectivity index (χ2v) is 7.27. The van der Waals surface area contributed by atoms with E-state index in [2.05, 4.69) is 33.7 Å². The monoisotopic (exact) mass is 381 g/mol. The summed E-state index contributed by atoms with van der Waals surface area (Å²) in [6, 6.07) is 13.9. The van der Waals surface area contributed by atoms with Crippen molar-refractivity contribution in [2.75, 3.05) is 26.3 Å². The Labute approximate surface area is 165 Å².